The lowest BCUT2D eigenvalue weighted by Crippen LogP contribution is -1.83. The first-order valence-electron chi connectivity index (χ1n) is 12.7. The summed E-state index contributed by atoms with van der Waals surface area (Å²) in [6, 6.07) is 0. The third-order valence-electron chi connectivity index (χ3n) is 5.25. The van der Waals surface area contributed by atoms with Gasteiger partial charge in [0.15, 0.2) is 0 Å². The highest BCUT2D eigenvalue weighted by molar-refractivity contribution is 4.52. The van der Waals surface area contributed by atoms with Crippen molar-refractivity contribution in [3.63, 3.8) is 0 Å². The summed E-state index contributed by atoms with van der Waals surface area (Å²) in [5.41, 5.74) is 0. The average molecular weight is 455 g/mol. The molecule has 5 N–H and O–H groups in total. The summed E-state index contributed by atoms with van der Waals surface area (Å²) in [6.45, 7) is 0. The topological polar surface area (TPSA) is 101 Å². The van der Waals surface area contributed by atoms with Crippen molar-refractivity contribution >= 4 is 0 Å². The molecule has 0 aromatic heterocycles. The Morgan fingerprint density at radius 2 is 0.194 bits per heavy atom. The molecule has 0 saturated heterocycles. The van der Waals surface area contributed by atoms with Gasteiger partial charge in [-0.15, -0.1) is 0 Å². The van der Waals surface area contributed by atoms with Crippen molar-refractivity contribution in [1.29, 1.82) is 0 Å². The van der Waals surface area contributed by atoms with E-state index >= 15 is 0 Å². The van der Waals surface area contributed by atoms with Crippen LogP contribution in [0.5, 0.6) is 0 Å². The zero-order chi connectivity index (χ0) is 24.8. The molecule has 0 aromatic rings. The van der Waals surface area contributed by atoms with E-state index in [4.69, 9.17) is 25.5 Å². The summed E-state index contributed by atoms with van der Waals surface area (Å²) < 4.78 is 0. The van der Waals surface area contributed by atoms with Crippen LogP contribution in [0.4, 0.5) is 0 Å². The number of aliphatic hydroxyl groups excluding tert-OH is 5. The van der Waals surface area contributed by atoms with Gasteiger partial charge in [-0.05, 0) is 0 Å². The van der Waals surface area contributed by atoms with Crippen LogP contribution in [0.2, 0.25) is 0 Å². The Balaban J connectivity index is -0.000000197. The van der Waals surface area contributed by atoms with E-state index in [0.29, 0.717) is 0 Å². The van der Waals surface area contributed by atoms with Crippen molar-refractivity contribution in [1.82, 2.24) is 0 Å². The highest BCUT2D eigenvalue weighted by Crippen LogP contribution is 2.16. The number of hydrogen-bond acceptors (Lipinski definition) is 5. The van der Waals surface area contributed by atoms with Gasteiger partial charge in [-0.25, -0.2) is 0 Å². The molecule has 0 amide bonds. The van der Waals surface area contributed by atoms with E-state index in [1.54, 1.807) is 0 Å². The van der Waals surface area contributed by atoms with Gasteiger partial charge in [0, 0.05) is 35.5 Å². The molecule has 31 heavy (non-hydrogen) atoms. The normalized spacial score (nSPS) is 17.2. The Hall–Kier alpha value is -0.200. The molecule has 1 aliphatic carbocycles. The van der Waals surface area contributed by atoms with E-state index in [1.165, 1.54) is 135 Å². The molecule has 1 aliphatic rings. The van der Waals surface area contributed by atoms with Gasteiger partial charge in [-0.3, -0.25) is 0 Å². The smallest absolute Gasteiger partial charge is 0.0319 e. The molecule has 5 heteroatoms. The monoisotopic (exact) mass is 454 g/mol. The van der Waals surface area contributed by atoms with Crippen LogP contribution in [0.3, 0.4) is 0 Å². The second-order valence-corrected chi connectivity index (χ2v) is 7.42. The largest absolute Gasteiger partial charge is 0.400 e. The van der Waals surface area contributed by atoms with E-state index in [2.05, 4.69) is 0 Å². The van der Waals surface area contributed by atoms with Crippen LogP contribution in [-0.4, -0.2) is 61.1 Å². The van der Waals surface area contributed by atoms with Gasteiger partial charge in [0.1, 0.15) is 0 Å². The molecular formula is C26H62O5. The van der Waals surface area contributed by atoms with Crippen molar-refractivity contribution < 1.29 is 25.5 Å². The Bertz CT molecular complexity index is 112. The predicted molar refractivity (Wildman–Crippen MR) is 138 cm³/mol. The van der Waals surface area contributed by atoms with Gasteiger partial charge in [0.05, 0.1) is 0 Å². The maximum absolute atomic E-state index is 7.00. The molecule has 0 spiro atoms. The zero-order valence-electron chi connectivity index (χ0n) is 22.1. The Kier molecular flexibility index (Phi) is 75.7. The first-order chi connectivity index (χ1) is 15.5. The van der Waals surface area contributed by atoms with Gasteiger partial charge in [0.25, 0.3) is 0 Å². The molecule has 0 aromatic carbocycles. The molecule has 1 rings (SSSR count). The molecule has 0 heterocycles. The summed E-state index contributed by atoms with van der Waals surface area (Å²) in [5, 5.41) is 35.0. The highest BCUT2D eigenvalue weighted by Gasteiger charge is 1.96. The van der Waals surface area contributed by atoms with E-state index in [-0.39, 0.29) is 0 Å². The summed E-state index contributed by atoms with van der Waals surface area (Å²) in [6.07, 6.45) is 31.5. The number of hydrogen-bond donors (Lipinski definition) is 5. The zero-order valence-corrected chi connectivity index (χ0v) is 22.1. The van der Waals surface area contributed by atoms with Gasteiger partial charge < -0.3 is 25.5 Å². The van der Waals surface area contributed by atoms with Crippen LogP contribution in [0, 0.1) is 0 Å². The molecule has 0 aliphatic heterocycles. The minimum Gasteiger partial charge on any atom is -0.400 e. The SMILES string of the molecule is C1CCCCCCCCCCCCCCCCCCCC1.CO.CO.CO.CO.CO. The minimum atomic E-state index is 1.00. The van der Waals surface area contributed by atoms with Gasteiger partial charge >= 0.3 is 0 Å². The van der Waals surface area contributed by atoms with E-state index in [0.717, 1.165) is 35.5 Å². The van der Waals surface area contributed by atoms with E-state index in [1.807, 2.05) is 0 Å². The molecule has 1 saturated carbocycles. The lowest BCUT2D eigenvalue weighted by molar-refractivity contribution is 0.399. The summed E-state index contributed by atoms with van der Waals surface area (Å²) >= 11 is 0. The second-order valence-electron chi connectivity index (χ2n) is 7.42. The van der Waals surface area contributed by atoms with E-state index in [9.17, 15) is 0 Å². The van der Waals surface area contributed by atoms with Gasteiger partial charge in [-0.2, -0.15) is 0 Å². The molecule has 0 bridgehead atoms. The van der Waals surface area contributed by atoms with Crippen LogP contribution in [0.15, 0.2) is 0 Å². The molecule has 0 unspecified atom stereocenters. The lowest BCUT2D eigenvalue weighted by Gasteiger charge is -2.03. The molecule has 0 atom stereocenters. The average Bonchev–Trinajstić information content (AvgIpc) is 2.87. The van der Waals surface area contributed by atoms with Crippen LogP contribution in [0.25, 0.3) is 0 Å². The van der Waals surface area contributed by atoms with Crippen molar-refractivity contribution in [2.75, 3.05) is 35.5 Å². The first kappa shape index (κ1) is 41.1. The Morgan fingerprint density at radius 3 is 0.226 bits per heavy atom. The summed E-state index contributed by atoms with van der Waals surface area (Å²) in [5.74, 6) is 0. The molecule has 196 valence electrons. The predicted octanol–water partition coefficient (Wildman–Crippen LogP) is 6.23. The summed E-state index contributed by atoms with van der Waals surface area (Å²) in [7, 11) is 5.00. The van der Waals surface area contributed by atoms with Crippen LogP contribution in [-0.2, 0) is 0 Å². The van der Waals surface area contributed by atoms with Gasteiger partial charge in [-0.1, -0.05) is 135 Å². The fourth-order valence-corrected chi connectivity index (χ4v) is 3.71. The maximum Gasteiger partial charge on any atom is 0.0319 e. The van der Waals surface area contributed by atoms with Crippen molar-refractivity contribution in [3.8, 4) is 0 Å². The number of rotatable bonds is 0. The number of aliphatic hydroxyl groups is 5. The van der Waals surface area contributed by atoms with Crippen molar-refractivity contribution in [2.24, 2.45) is 0 Å². The Morgan fingerprint density at radius 1 is 0.161 bits per heavy atom. The first-order valence-corrected chi connectivity index (χ1v) is 12.7. The quantitative estimate of drug-likeness (QED) is 0.298. The van der Waals surface area contributed by atoms with Crippen LogP contribution in [0.1, 0.15) is 135 Å². The van der Waals surface area contributed by atoms with Gasteiger partial charge in [0.2, 0.25) is 0 Å². The molecular weight excluding hydrogens is 392 g/mol. The molecule has 1 fully saturated rings. The molecule has 5 nitrogen and oxygen atoms in total. The maximum atomic E-state index is 7.00. The standard InChI is InChI=1S/C21H42.5CH4O/c1-2-4-6-8-10-12-14-16-18-20-21-19-17-15-13-11-9-7-5-3-1;5*1-2/h1-21H2;5*2H,1H3. The highest BCUT2D eigenvalue weighted by atomic mass is 16.2. The fraction of sp³-hybridized carbons (Fsp3) is 1.00. The van der Waals surface area contributed by atoms with Crippen LogP contribution < -0.4 is 0 Å². The second kappa shape index (κ2) is 57.1. The Labute approximate surface area is 196 Å². The van der Waals surface area contributed by atoms with Crippen molar-refractivity contribution in [2.45, 2.75) is 135 Å². The van der Waals surface area contributed by atoms with Crippen LogP contribution >= 0.6 is 0 Å². The molecule has 0 radical (unpaired) electrons. The lowest BCUT2D eigenvalue weighted by atomic mass is 10.0. The van der Waals surface area contributed by atoms with Crippen molar-refractivity contribution in [3.05, 3.63) is 0 Å². The third-order valence-corrected chi connectivity index (χ3v) is 5.25. The minimum absolute atomic E-state index is 1.00. The van der Waals surface area contributed by atoms with E-state index < -0.39 is 0 Å². The fourth-order valence-electron chi connectivity index (χ4n) is 3.71. The third kappa shape index (κ3) is 53.2. The summed E-state index contributed by atoms with van der Waals surface area (Å²) in [4.78, 5) is 0.